The van der Waals surface area contributed by atoms with Crippen LogP contribution >= 0.6 is 0 Å². The smallest absolute Gasteiger partial charge is 0.185 e. The zero-order valence-electron chi connectivity index (χ0n) is 13.7. The molecule has 3 nitrogen and oxygen atoms in total. The van der Waals surface area contributed by atoms with Gasteiger partial charge in [-0.3, -0.25) is 4.79 Å². The van der Waals surface area contributed by atoms with Crippen LogP contribution in [-0.4, -0.2) is 32.1 Å². The number of benzene rings is 2. The number of allylic oxidation sites excluding steroid dienone is 1. The first kappa shape index (κ1) is 16.4. The van der Waals surface area contributed by atoms with Crippen LogP contribution in [-0.2, 0) is 4.74 Å². The fourth-order valence-electron chi connectivity index (χ4n) is 2.76. The van der Waals surface area contributed by atoms with Gasteiger partial charge in [-0.2, -0.15) is 0 Å². The van der Waals surface area contributed by atoms with Gasteiger partial charge in [0, 0.05) is 18.7 Å². The summed E-state index contributed by atoms with van der Waals surface area (Å²) < 4.78 is 19.6. The lowest BCUT2D eigenvalue weighted by Crippen LogP contribution is -2.36. The average Bonchev–Trinajstić information content (AvgIpc) is 2.61. The third-order valence-electron chi connectivity index (χ3n) is 4.19. The van der Waals surface area contributed by atoms with Crippen molar-refractivity contribution in [1.29, 1.82) is 0 Å². The molecule has 124 valence electrons. The van der Waals surface area contributed by atoms with Crippen LogP contribution in [0.3, 0.4) is 0 Å². The summed E-state index contributed by atoms with van der Waals surface area (Å²) in [6.45, 7) is 4.51. The van der Waals surface area contributed by atoms with Gasteiger partial charge in [0.25, 0.3) is 0 Å². The molecule has 0 aromatic heterocycles. The highest BCUT2D eigenvalue weighted by molar-refractivity contribution is 6.07. The number of hydrogen-bond donors (Lipinski definition) is 0. The third kappa shape index (κ3) is 3.71. The largest absolute Gasteiger partial charge is 0.378 e. The van der Waals surface area contributed by atoms with Crippen molar-refractivity contribution in [3.8, 4) is 0 Å². The molecule has 0 atom stereocenters. The molecule has 0 N–H and O–H groups in total. The summed E-state index contributed by atoms with van der Waals surface area (Å²) in [5.41, 5.74) is 2.96. The van der Waals surface area contributed by atoms with E-state index in [9.17, 15) is 9.18 Å². The number of halogens is 1. The number of carbonyl (C=O) groups is 1. The number of ketones is 1. The first-order chi connectivity index (χ1) is 11.6. The molecule has 0 unspecified atom stereocenters. The van der Waals surface area contributed by atoms with E-state index in [1.165, 1.54) is 12.1 Å². The Morgan fingerprint density at radius 1 is 1.17 bits per heavy atom. The average molecular weight is 325 g/mol. The summed E-state index contributed by atoms with van der Waals surface area (Å²) in [6.07, 6.45) is 3.26. The van der Waals surface area contributed by atoms with Crippen LogP contribution in [0, 0.1) is 12.7 Å². The van der Waals surface area contributed by atoms with Crippen molar-refractivity contribution in [3.63, 3.8) is 0 Å². The molecule has 0 spiro atoms. The number of hydrogen-bond acceptors (Lipinski definition) is 3. The predicted octanol–water partition coefficient (Wildman–Crippen LogP) is 3.87. The quantitative estimate of drug-likeness (QED) is 0.631. The topological polar surface area (TPSA) is 29.5 Å². The molecular weight excluding hydrogens is 305 g/mol. The summed E-state index contributed by atoms with van der Waals surface area (Å²) in [4.78, 5) is 14.2. The molecule has 1 aliphatic rings. The van der Waals surface area contributed by atoms with Gasteiger partial charge in [0.1, 0.15) is 5.82 Å². The molecule has 0 radical (unpaired) electrons. The Morgan fingerprint density at radius 3 is 2.62 bits per heavy atom. The number of carbonyl (C=O) groups excluding carboxylic acids is 1. The molecule has 1 fully saturated rings. The van der Waals surface area contributed by atoms with Crippen molar-refractivity contribution >= 4 is 17.5 Å². The van der Waals surface area contributed by atoms with E-state index in [0.29, 0.717) is 37.6 Å². The highest BCUT2D eigenvalue weighted by Crippen LogP contribution is 2.22. The maximum Gasteiger partial charge on any atom is 0.185 e. The summed E-state index contributed by atoms with van der Waals surface area (Å²) in [6, 6.07) is 12.5. The summed E-state index contributed by atoms with van der Waals surface area (Å²) in [5, 5.41) is 0. The van der Waals surface area contributed by atoms with Gasteiger partial charge in [0.2, 0.25) is 0 Å². The van der Waals surface area contributed by atoms with Crippen molar-refractivity contribution in [2.45, 2.75) is 6.92 Å². The molecule has 1 saturated heterocycles. The Bertz CT molecular complexity index is 764. The number of aryl methyl sites for hydroxylation is 1. The first-order valence-electron chi connectivity index (χ1n) is 8.05. The fourth-order valence-corrected chi connectivity index (χ4v) is 2.76. The lowest BCUT2D eigenvalue weighted by molar-refractivity contribution is 0.104. The maximum absolute atomic E-state index is 14.4. The molecule has 2 aromatic rings. The Labute approximate surface area is 141 Å². The molecular formula is C20H20FNO2. The highest BCUT2D eigenvalue weighted by atomic mass is 19.1. The molecule has 0 saturated carbocycles. The number of anilines is 1. The highest BCUT2D eigenvalue weighted by Gasteiger charge is 2.16. The van der Waals surface area contributed by atoms with Crippen LogP contribution in [0.5, 0.6) is 0 Å². The van der Waals surface area contributed by atoms with Gasteiger partial charge in [-0.25, -0.2) is 4.39 Å². The van der Waals surface area contributed by atoms with E-state index < -0.39 is 0 Å². The van der Waals surface area contributed by atoms with Gasteiger partial charge < -0.3 is 9.64 Å². The van der Waals surface area contributed by atoms with Crippen LogP contribution in [0.1, 0.15) is 21.5 Å². The predicted molar refractivity (Wildman–Crippen MR) is 94.0 cm³/mol. The van der Waals surface area contributed by atoms with Gasteiger partial charge in [0.15, 0.2) is 5.78 Å². The van der Waals surface area contributed by atoms with Crippen molar-refractivity contribution in [3.05, 3.63) is 71.0 Å². The molecule has 0 aliphatic carbocycles. The Morgan fingerprint density at radius 2 is 1.92 bits per heavy atom. The summed E-state index contributed by atoms with van der Waals surface area (Å²) in [5.74, 6) is -0.572. The molecule has 24 heavy (non-hydrogen) atoms. The lowest BCUT2D eigenvalue weighted by atomic mass is 10.1. The van der Waals surface area contributed by atoms with Gasteiger partial charge in [0.05, 0.1) is 18.9 Å². The molecule has 4 heteroatoms. The maximum atomic E-state index is 14.4. The Hall–Kier alpha value is -2.46. The van der Waals surface area contributed by atoms with Crippen molar-refractivity contribution in [2.75, 3.05) is 31.2 Å². The van der Waals surface area contributed by atoms with Crippen LogP contribution in [0.25, 0.3) is 6.08 Å². The minimum atomic E-state index is -0.368. The van der Waals surface area contributed by atoms with Crippen molar-refractivity contribution < 1.29 is 13.9 Å². The number of nitrogens with zero attached hydrogens (tertiary/aromatic N) is 1. The van der Waals surface area contributed by atoms with Crippen molar-refractivity contribution in [1.82, 2.24) is 0 Å². The van der Waals surface area contributed by atoms with Gasteiger partial charge in [-0.15, -0.1) is 0 Å². The number of rotatable bonds is 4. The number of morpholine rings is 1. The fraction of sp³-hybridized carbons (Fsp3) is 0.250. The molecule has 3 rings (SSSR count). The van der Waals surface area contributed by atoms with Gasteiger partial charge in [-0.05, 0) is 42.3 Å². The third-order valence-corrected chi connectivity index (χ3v) is 4.19. The van der Waals surface area contributed by atoms with E-state index in [1.54, 1.807) is 18.2 Å². The minimum Gasteiger partial charge on any atom is -0.378 e. The van der Waals surface area contributed by atoms with Crippen LogP contribution in [0.2, 0.25) is 0 Å². The van der Waals surface area contributed by atoms with E-state index in [0.717, 1.165) is 11.1 Å². The second-order valence-corrected chi connectivity index (χ2v) is 5.82. The zero-order chi connectivity index (χ0) is 16.9. The standard InChI is InChI=1S/C20H20FNO2/c1-15-4-2-3-5-16(15)7-9-20(23)17-6-8-19(18(21)14-17)22-10-12-24-13-11-22/h2-9,14H,10-13H2,1H3/b9-7+. The zero-order valence-corrected chi connectivity index (χ0v) is 13.7. The van der Waals surface area contributed by atoms with E-state index in [1.807, 2.05) is 36.1 Å². The molecule has 2 aromatic carbocycles. The Balaban J connectivity index is 1.76. The number of ether oxygens (including phenoxy) is 1. The van der Waals surface area contributed by atoms with Gasteiger partial charge in [-0.1, -0.05) is 30.3 Å². The van der Waals surface area contributed by atoms with E-state index >= 15 is 0 Å². The van der Waals surface area contributed by atoms with E-state index in [-0.39, 0.29) is 11.6 Å². The second kappa shape index (κ2) is 7.41. The Kier molecular flexibility index (Phi) is 5.06. The monoisotopic (exact) mass is 325 g/mol. The van der Waals surface area contributed by atoms with Crippen LogP contribution < -0.4 is 4.90 Å². The van der Waals surface area contributed by atoms with Crippen LogP contribution in [0.4, 0.5) is 10.1 Å². The molecule has 1 heterocycles. The second-order valence-electron chi connectivity index (χ2n) is 5.82. The van der Waals surface area contributed by atoms with Crippen molar-refractivity contribution in [2.24, 2.45) is 0 Å². The SMILES string of the molecule is Cc1ccccc1/C=C/C(=O)c1ccc(N2CCOCC2)c(F)c1. The van der Waals surface area contributed by atoms with Gasteiger partial charge >= 0.3 is 0 Å². The van der Waals surface area contributed by atoms with E-state index in [4.69, 9.17) is 4.74 Å². The van der Waals surface area contributed by atoms with Crippen LogP contribution in [0.15, 0.2) is 48.5 Å². The molecule has 1 aliphatic heterocycles. The molecule has 0 bridgehead atoms. The minimum absolute atomic E-state index is 0.203. The first-order valence-corrected chi connectivity index (χ1v) is 8.05. The summed E-state index contributed by atoms with van der Waals surface area (Å²) >= 11 is 0. The van der Waals surface area contributed by atoms with E-state index in [2.05, 4.69) is 0 Å². The lowest BCUT2D eigenvalue weighted by Gasteiger charge is -2.29. The summed E-state index contributed by atoms with van der Waals surface area (Å²) in [7, 11) is 0. The normalized spacial score (nSPS) is 15.0. The molecule has 0 amide bonds.